The average Bonchev–Trinajstić information content (AvgIpc) is 3.61. The molecule has 0 aliphatic heterocycles. The summed E-state index contributed by atoms with van der Waals surface area (Å²) in [6, 6.07) is 74.0. The fraction of sp³-hybridized carbons (Fsp3) is 0. The molecule has 0 radical (unpaired) electrons. The Morgan fingerprint density at radius 3 is 1.54 bits per heavy atom. The van der Waals surface area contributed by atoms with Crippen molar-refractivity contribution >= 4 is 54.1 Å². The summed E-state index contributed by atoms with van der Waals surface area (Å²) in [4.78, 5) is 16.0. The number of aromatic nitrogens is 4. The van der Waals surface area contributed by atoms with E-state index in [1.165, 1.54) is 54.7 Å². The molecule has 12 aromatic rings. The van der Waals surface area contributed by atoms with Crippen LogP contribution < -0.4 is 0 Å². The van der Waals surface area contributed by atoms with Crippen LogP contribution in [0, 0.1) is 0 Å². The molecular formula is C57H34N4. The van der Waals surface area contributed by atoms with Crippen LogP contribution in [0.3, 0.4) is 0 Å². The van der Waals surface area contributed by atoms with Gasteiger partial charge in [-0.15, -0.1) is 0 Å². The average molecular weight is 775 g/mol. The quantitative estimate of drug-likeness (QED) is 0.175. The maximum absolute atomic E-state index is 5.40. The van der Waals surface area contributed by atoms with E-state index in [1.54, 1.807) is 0 Å². The lowest BCUT2D eigenvalue weighted by Crippen LogP contribution is -2.04. The third-order valence-electron chi connectivity index (χ3n) is 12.5. The molecule has 13 rings (SSSR count). The van der Waals surface area contributed by atoms with Gasteiger partial charge in [-0.1, -0.05) is 176 Å². The van der Waals surface area contributed by atoms with Crippen molar-refractivity contribution in [3.63, 3.8) is 0 Å². The lowest BCUT2D eigenvalue weighted by atomic mass is 9.93. The van der Waals surface area contributed by atoms with E-state index in [9.17, 15) is 0 Å². The van der Waals surface area contributed by atoms with Gasteiger partial charge in [0.15, 0.2) is 17.5 Å². The van der Waals surface area contributed by atoms with Gasteiger partial charge in [-0.05, 0) is 96.0 Å². The Hall–Kier alpha value is -8.21. The Morgan fingerprint density at radius 1 is 0.262 bits per heavy atom. The van der Waals surface area contributed by atoms with Gasteiger partial charge < -0.3 is 4.57 Å². The van der Waals surface area contributed by atoms with Crippen molar-refractivity contribution in [3.8, 4) is 73.2 Å². The molecule has 0 saturated carbocycles. The van der Waals surface area contributed by atoms with E-state index in [0.29, 0.717) is 17.5 Å². The predicted molar refractivity (Wildman–Crippen MR) is 253 cm³/mol. The largest absolute Gasteiger partial charge is 0.308 e. The second-order valence-corrected chi connectivity index (χ2v) is 16.0. The summed E-state index contributed by atoms with van der Waals surface area (Å²) in [5, 5.41) is 9.60. The molecule has 282 valence electrons. The van der Waals surface area contributed by atoms with E-state index < -0.39 is 0 Å². The zero-order chi connectivity index (χ0) is 40.0. The van der Waals surface area contributed by atoms with Gasteiger partial charge in [0.05, 0.1) is 16.7 Å². The smallest absolute Gasteiger partial charge is 0.166 e. The Morgan fingerprint density at radius 2 is 0.770 bits per heavy atom. The van der Waals surface area contributed by atoms with Crippen LogP contribution in [0.2, 0.25) is 0 Å². The minimum atomic E-state index is 0.617. The molecule has 0 atom stereocenters. The van der Waals surface area contributed by atoms with E-state index in [-0.39, 0.29) is 0 Å². The molecule has 0 N–H and O–H groups in total. The van der Waals surface area contributed by atoms with Crippen LogP contribution in [0.1, 0.15) is 0 Å². The summed E-state index contributed by atoms with van der Waals surface area (Å²) in [5.74, 6) is 1.87. The third kappa shape index (κ3) is 5.22. The maximum Gasteiger partial charge on any atom is 0.166 e. The van der Waals surface area contributed by atoms with Crippen LogP contribution in [0.4, 0.5) is 0 Å². The van der Waals surface area contributed by atoms with E-state index >= 15 is 0 Å². The summed E-state index contributed by atoms with van der Waals surface area (Å²) in [5.41, 5.74) is 13.4. The molecule has 1 aliphatic carbocycles. The zero-order valence-corrected chi connectivity index (χ0v) is 32.9. The molecule has 0 bridgehead atoms. The van der Waals surface area contributed by atoms with Gasteiger partial charge >= 0.3 is 0 Å². The Kier molecular flexibility index (Phi) is 7.27. The van der Waals surface area contributed by atoms with E-state index in [1.807, 2.05) is 6.07 Å². The minimum Gasteiger partial charge on any atom is -0.308 e. The molecule has 4 heteroatoms. The van der Waals surface area contributed by atoms with Crippen LogP contribution in [-0.4, -0.2) is 19.5 Å². The summed E-state index contributed by atoms with van der Waals surface area (Å²) in [7, 11) is 0. The lowest BCUT2D eigenvalue weighted by Gasteiger charge is -2.17. The molecule has 0 fully saturated rings. The van der Waals surface area contributed by atoms with E-state index in [0.717, 1.165) is 55.1 Å². The highest BCUT2D eigenvalue weighted by Crippen LogP contribution is 2.50. The van der Waals surface area contributed by atoms with Gasteiger partial charge in [0.1, 0.15) is 0 Å². The first kappa shape index (κ1) is 33.7. The second-order valence-electron chi connectivity index (χ2n) is 16.0. The normalized spacial score (nSPS) is 11.9. The molecule has 1 aliphatic rings. The number of hydrogen-bond donors (Lipinski definition) is 0. The van der Waals surface area contributed by atoms with Gasteiger partial charge in [0.2, 0.25) is 0 Å². The van der Waals surface area contributed by atoms with Crippen LogP contribution >= 0.6 is 0 Å². The van der Waals surface area contributed by atoms with E-state index in [2.05, 4.69) is 205 Å². The second kappa shape index (κ2) is 13.2. The molecular weight excluding hydrogens is 741 g/mol. The molecule has 0 unspecified atom stereocenters. The van der Waals surface area contributed by atoms with Crippen LogP contribution in [0.15, 0.2) is 206 Å². The van der Waals surface area contributed by atoms with Crippen molar-refractivity contribution in [2.75, 3.05) is 0 Å². The molecule has 61 heavy (non-hydrogen) atoms. The summed E-state index contributed by atoms with van der Waals surface area (Å²) < 4.78 is 2.45. The fourth-order valence-electron chi connectivity index (χ4n) is 9.71. The molecule has 0 saturated heterocycles. The first-order valence-electron chi connectivity index (χ1n) is 20.8. The van der Waals surface area contributed by atoms with Gasteiger partial charge in [-0.2, -0.15) is 0 Å². The molecule has 2 aromatic heterocycles. The minimum absolute atomic E-state index is 0.617. The van der Waals surface area contributed by atoms with Crippen molar-refractivity contribution in [2.45, 2.75) is 0 Å². The Labute approximate surface area is 351 Å². The van der Waals surface area contributed by atoms with E-state index in [4.69, 9.17) is 15.0 Å². The number of fused-ring (bicyclic) bond motifs is 5. The Balaban J connectivity index is 1.11. The van der Waals surface area contributed by atoms with Gasteiger partial charge in [0, 0.05) is 27.5 Å². The molecule has 0 amide bonds. The summed E-state index contributed by atoms with van der Waals surface area (Å²) >= 11 is 0. The number of benzene rings is 10. The number of hydrogen-bond acceptors (Lipinski definition) is 3. The molecule has 0 spiro atoms. The fourth-order valence-corrected chi connectivity index (χ4v) is 9.71. The highest BCUT2D eigenvalue weighted by Gasteiger charge is 2.26. The summed E-state index contributed by atoms with van der Waals surface area (Å²) in [6.45, 7) is 0. The van der Waals surface area contributed by atoms with Crippen molar-refractivity contribution in [1.29, 1.82) is 0 Å². The molecule has 10 aromatic carbocycles. The lowest BCUT2D eigenvalue weighted by molar-refractivity contribution is 1.07. The molecule has 4 nitrogen and oxygen atoms in total. The van der Waals surface area contributed by atoms with Crippen LogP contribution in [0.5, 0.6) is 0 Å². The van der Waals surface area contributed by atoms with Gasteiger partial charge in [-0.25, -0.2) is 15.0 Å². The van der Waals surface area contributed by atoms with Crippen LogP contribution in [0.25, 0.3) is 127 Å². The van der Waals surface area contributed by atoms with Crippen molar-refractivity contribution < 1.29 is 0 Å². The number of nitrogens with zero attached hydrogens (tertiary/aromatic N) is 4. The zero-order valence-electron chi connectivity index (χ0n) is 32.9. The highest BCUT2D eigenvalue weighted by atomic mass is 15.1. The van der Waals surface area contributed by atoms with Crippen LogP contribution in [-0.2, 0) is 0 Å². The highest BCUT2D eigenvalue weighted by molar-refractivity contribution is 6.30. The first-order valence-corrected chi connectivity index (χ1v) is 20.8. The van der Waals surface area contributed by atoms with Crippen molar-refractivity contribution in [1.82, 2.24) is 19.5 Å². The maximum atomic E-state index is 5.40. The summed E-state index contributed by atoms with van der Waals surface area (Å²) in [6.07, 6.45) is 0. The van der Waals surface area contributed by atoms with Gasteiger partial charge in [-0.3, -0.25) is 0 Å². The van der Waals surface area contributed by atoms with Crippen molar-refractivity contribution in [3.05, 3.63) is 206 Å². The Bertz CT molecular complexity index is 3750. The van der Waals surface area contributed by atoms with Crippen molar-refractivity contribution in [2.24, 2.45) is 0 Å². The number of rotatable bonds is 5. The topological polar surface area (TPSA) is 43.6 Å². The predicted octanol–water partition coefficient (Wildman–Crippen LogP) is 14.7. The standard InChI is InChI=1S/C57H34N4/c1-2-12-35(13-3-1)37-24-27-39(28-25-37)55-58-56(43-29-26-36-14-4-5-15-40(36)32-43)60-57(59-55)48-33-41-16-6-7-17-42(41)34-51(48)61-49-23-11-22-47-45-20-9-8-19-44(45)46-21-10-18-38-30-31-50(61)54(52(38)46)53(47)49/h1-34H. The molecule has 2 heterocycles. The first-order chi connectivity index (χ1) is 30.2. The van der Waals surface area contributed by atoms with Gasteiger partial charge in [0.25, 0.3) is 0 Å². The monoisotopic (exact) mass is 774 g/mol. The SMILES string of the molecule is c1ccc(-c2ccc(-c3nc(-c4ccc5ccccc5c4)nc(-c4cc5ccccc5cc4-n4c5cccc6c5c5c7c(cccc7ccc54)-c4ccccc4-6)n3)cc2)cc1. The third-order valence-corrected chi connectivity index (χ3v) is 12.5.